The fourth-order valence-electron chi connectivity index (χ4n) is 3.12. The first kappa shape index (κ1) is 17.5. The number of anilines is 1. The van der Waals surface area contributed by atoms with E-state index in [1.54, 1.807) is 12.1 Å². The first-order valence-corrected chi connectivity index (χ1v) is 8.78. The lowest BCUT2D eigenvalue weighted by atomic mass is 10.1. The molecule has 4 aromatic rings. The minimum absolute atomic E-state index is 0.0247. The predicted molar refractivity (Wildman–Crippen MR) is 108 cm³/mol. The van der Waals surface area contributed by atoms with Gasteiger partial charge in [-0.2, -0.15) is 0 Å². The van der Waals surface area contributed by atoms with Gasteiger partial charge in [-0.1, -0.05) is 60.7 Å². The van der Waals surface area contributed by atoms with Crippen molar-refractivity contribution >= 4 is 39.1 Å². The number of aromatic hydroxyl groups is 1. The molecule has 0 spiro atoms. The fourth-order valence-corrected chi connectivity index (χ4v) is 3.12. The Bertz CT molecular complexity index is 1190. The van der Waals surface area contributed by atoms with Crippen molar-refractivity contribution in [2.75, 3.05) is 11.9 Å². The summed E-state index contributed by atoms with van der Waals surface area (Å²) >= 11 is 0. The van der Waals surface area contributed by atoms with E-state index in [0.717, 1.165) is 21.5 Å². The zero-order valence-corrected chi connectivity index (χ0v) is 14.9. The summed E-state index contributed by atoms with van der Waals surface area (Å²) in [5, 5.41) is 16.4. The quantitative estimate of drug-likeness (QED) is 0.518. The van der Waals surface area contributed by atoms with Gasteiger partial charge in [-0.25, -0.2) is 4.79 Å². The highest BCUT2D eigenvalue weighted by Crippen LogP contribution is 2.26. The maximum absolute atomic E-state index is 12.3. The molecule has 0 aliphatic heterocycles. The Morgan fingerprint density at radius 2 is 1.46 bits per heavy atom. The average Bonchev–Trinajstić information content (AvgIpc) is 2.72. The molecule has 2 N–H and O–H groups in total. The lowest BCUT2D eigenvalue weighted by Crippen LogP contribution is -2.21. The molecule has 0 saturated heterocycles. The topological polar surface area (TPSA) is 75.6 Å². The number of phenolic OH excluding ortho intramolecular Hbond substituents is 1. The van der Waals surface area contributed by atoms with Crippen molar-refractivity contribution in [3.8, 4) is 5.75 Å². The summed E-state index contributed by atoms with van der Waals surface area (Å²) in [5.74, 6) is -1.39. The van der Waals surface area contributed by atoms with Crippen molar-refractivity contribution in [3.05, 3.63) is 84.4 Å². The van der Waals surface area contributed by atoms with E-state index in [-0.39, 0.29) is 11.3 Å². The Morgan fingerprint density at radius 3 is 2.25 bits per heavy atom. The number of carbonyl (C=O) groups excluding carboxylic acids is 2. The number of hydrogen-bond acceptors (Lipinski definition) is 4. The van der Waals surface area contributed by atoms with Crippen LogP contribution in [-0.4, -0.2) is 23.6 Å². The van der Waals surface area contributed by atoms with Crippen LogP contribution >= 0.6 is 0 Å². The maximum atomic E-state index is 12.3. The number of esters is 1. The van der Waals surface area contributed by atoms with Crippen molar-refractivity contribution in [3.63, 3.8) is 0 Å². The molecule has 4 aromatic carbocycles. The van der Waals surface area contributed by atoms with Gasteiger partial charge in [0.05, 0.1) is 0 Å². The number of amides is 1. The number of hydrogen-bond donors (Lipinski definition) is 2. The molecule has 0 aromatic heterocycles. The standard InChI is InChI=1S/C23H17NO4/c25-21-13-17-8-2-1-7-16(17)12-19(21)23(27)28-14-22(26)24-20-11-5-9-15-6-3-4-10-18(15)20/h1-13,25H,14H2,(H,24,26). The minimum atomic E-state index is -0.753. The molecule has 0 saturated carbocycles. The first-order chi connectivity index (χ1) is 13.6. The van der Waals surface area contributed by atoms with Gasteiger partial charge in [-0.15, -0.1) is 0 Å². The van der Waals surface area contributed by atoms with Gasteiger partial charge in [0, 0.05) is 11.1 Å². The number of fused-ring (bicyclic) bond motifs is 2. The molecule has 5 nitrogen and oxygen atoms in total. The van der Waals surface area contributed by atoms with Crippen molar-refractivity contribution in [1.29, 1.82) is 0 Å². The van der Waals surface area contributed by atoms with E-state index < -0.39 is 18.5 Å². The van der Waals surface area contributed by atoms with E-state index in [0.29, 0.717) is 5.69 Å². The first-order valence-electron chi connectivity index (χ1n) is 8.78. The fraction of sp³-hybridized carbons (Fsp3) is 0.0435. The molecule has 138 valence electrons. The minimum Gasteiger partial charge on any atom is -0.507 e. The zero-order valence-electron chi connectivity index (χ0n) is 14.9. The van der Waals surface area contributed by atoms with Crippen LogP contribution in [0.5, 0.6) is 5.75 Å². The number of phenols is 1. The summed E-state index contributed by atoms with van der Waals surface area (Å²) in [6, 6.07) is 23.7. The highest BCUT2D eigenvalue weighted by atomic mass is 16.5. The van der Waals surface area contributed by atoms with Crippen molar-refractivity contribution in [2.24, 2.45) is 0 Å². The SMILES string of the molecule is O=C(COC(=O)c1cc2ccccc2cc1O)Nc1cccc2ccccc12. The Morgan fingerprint density at radius 1 is 0.821 bits per heavy atom. The number of benzene rings is 4. The smallest absolute Gasteiger partial charge is 0.342 e. The van der Waals surface area contributed by atoms with Crippen molar-refractivity contribution in [1.82, 2.24) is 0 Å². The molecule has 0 heterocycles. The van der Waals surface area contributed by atoms with E-state index in [9.17, 15) is 14.7 Å². The summed E-state index contributed by atoms with van der Waals surface area (Å²) in [4.78, 5) is 24.6. The third-order valence-corrected chi connectivity index (χ3v) is 4.48. The van der Waals surface area contributed by atoms with Gasteiger partial charge in [-0.05, 0) is 34.4 Å². The Labute approximate surface area is 161 Å². The third-order valence-electron chi connectivity index (χ3n) is 4.48. The molecule has 4 rings (SSSR count). The van der Waals surface area contributed by atoms with Gasteiger partial charge >= 0.3 is 5.97 Å². The van der Waals surface area contributed by atoms with Gasteiger partial charge in [-0.3, -0.25) is 4.79 Å². The van der Waals surface area contributed by atoms with Crippen LogP contribution in [0.2, 0.25) is 0 Å². The summed E-state index contributed by atoms with van der Waals surface area (Å²) in [5.41, 5.74) is 0.671. The maximum Gasteiger partial charge on any atom is 0.342 e. The van der Waals surface area contributed by atoms with Crippen LogP contribution in [0.15, 0.2) is 78.9 Å². The average molecular weight is 371 g/mol. The number of carbonyl (C=O) groups is 2. The van der Waals surface area contributed by atoms with Crippen LogP contribution < -0.4 is 5.32 Å². The van der Waals surface area contributed by atoms with Gasteiger partial charge < -0.3 is 15.2 Å². The summed E-state index contributed by atoms with van der Waals surface area (Å²) < 4.78 is 5.09. The predicted octanol–water partition coefficient (Wildman–Crippen LogP) is 4.49. The lowest BCUT2D eigenvalue weighted by molar-refractivity contribution is -0.119. The number of ether oxygens (including phenoxy) is 1. The molecule has 28 heavy (non-hydrogen) atoms. The van der Waals surface area contributed by atoms with Gasteiger partial charge in [0.1, 0.15) is 11.3 Å². The zero-order chi connectivity index (χ0) is 19.5. The highest BCUT2D eigenvalue weighted by Gasteiger charge is 2.16. The summed E-state index contributed by atoms with van der Waals surface area (Å²) in [6.45, 7) is -0.450. The Kier molecular flexibility index (Phi) is 4.64. The number of rotatable bonds is 4. The molecule has 0 bridgehead atoms. The third kappa shape index (κ3) is 3.50. The van der Waals surface area contributed by atoms with Gasteiger partial charge in [0.15, 0.2) is 6.61 Å². The molecular weight excluding hydrogens is 354 g/mol. The Balaban J connectivity index is 1.46. The van der Waals surface area contributed by atoms with Crippen molar-refractivity contribution < 1.29 is 19.4 Å². The normalized spacial score (nSPS) is 10.7. The van der Waals surface area contributed by atoms with E-state index in [4.69, 9.17) is 4.74 Å². The lowest BCUT2D eigenvalue weighted by Gasteiger charge is -2.10. The van der Waals surface area contributed by atoms with E-state index in [1.165, 1.54) is 6.07 Å². The molecule has 0 fully saturated rings. The molecule has 0 unspecified atom stereocenters. The second-order valence-corrected chi connectivity index (χ2v) is 6.37. The van der Waals surface area contributed by atoms with Gasteiger partial charge in [0.25, 0.3) is 5.91 Å². The second-order valence-electron chi connectivity index (χ2n) is 6.37. The van der Waals surface area contributed by atoms with E-state index >= 15 is 0 Å². The summed E-state index contributed by atoms with van der Waals surface area (Å²) in [6.07, 6.45) is 0. The van der Waals surface area contributed by atoms with Gasteiger partial charge in [0.2, 0.25) is 0 Å². The van der Waals surface area contributed by atoms with Crippen LogP contribution in [0.1, 0.15) is 10.4 Å². The summed E-state index contributed by atoms with van der Waals surface area (Å²) in [7, 11) is 0. The van der Waals surface area contributed by atoms with Crippen LogP contribution in [0.3, 0.4) is 0 Å². The molecular formula is C23H17NO4. The molecule has 5 heteroatoms. The molecule has 0 atom stereocenters. The largest absolute Gasteiger partial charge is 0.507 e. The van der Waals surface area contributed by atoms with Crippen molar-refractivity contribution in [2.45, 2.75) is 0 Å². The molecule has 0 radical (unpaired) electrons. The van der Waals surface area contributed by atoms with Crippen LogP contribution in [0, 0.1) is 0 Å². The van der Waals surface area contributed by atoms with Crippen LogP contribution in [0.4, 0.5) is 5.69 Å². The molecule has 0 aliphatic carbocycles. The molecule has 1 amide bonds. The van der Waals surface area contributed by atoms with E-state index in [2.05, 4.69) is 5.32 Å². The second kappa shape index (κ2) is 7.40. The number of nitrogens with one attached hydrogen (secondary N) is 1. The Hall–Kier alpha value is -3.86. The molecule has 0 aliphatic rings. The monoisotopic (exact) mass is 371 g/mol. The highest BCUT2D eigenvalue weighted by molar-refractivity contribution is 6.04. The van der Waals surface area contributed by atoms with Crippen LogP contribution in [-0.2, 0) is 9.53 Å². The van der Waals surface area contributed by atoms with E-state index in [1.807, 2.05) is 60.7 Å². The van der Waals surface area contributed by atoms with Crippen LogP contribution in [0.25, 0.3) is 21.5 Å².